The van der Waals surface area contributed by atoms with Crippen molar-refractivity contribution in [2.75, 3.05) is 0 Å². The Labute approximate surface area is 197 Å². The van der Waals surface area contributed by atoms with E-state index < -0.39 is 5.97 Å². The van der Waals surface area contributed by atoms with Crippen molar-refractivity contribution in [2.45, 2.75) is 111 Å². The normalized spacial score (nSPS) is 41.7. The molecule has 0 bridgehead atoms. The predicted molar refractivity (Wildman–Crippen MR) is 132 cm³/mol. The van der Waals surface area contributed by atoms with Crippen molar-refractivity contribution in [3.8, 4) is 12.3 Å². The maximum absolute atomic E-state index is 11.6. The molecule has 0 N–H and O–H groups in total. The summed E-state index contributed by atoms with van der Waals surface area (Å²) in [6.07, 6.45) is 21.9. The molecule has 2 nitrogen and oxygen atoms in total. The first-order chi connectivity index (χ1) is 15.2. The molecule has 0 aliphatic heterocycles. The van der Waals surface area contributed by atoms with Gasteiger partial charge in [0.1, 0.15) is 6.10 Å². The number of carbonyl (C=O) groups excluding carboxylic acids is 1. The molecule has 178 valence electrons. The molecule has 2 heteroatoms. The van der Waals surface area contributed by atoms with Crippen LogP contribution < -0.4 is 0 Å². The minimum Gasteiger partial charge on any atom is -0.452 e. The number of fused-ring (bicyclic) bond motifs is 5. The highest BCUT2D eigenvalue weighted by Crippen LogP contribution is 2.67. The summed E-state index contributed by atoms with van der Waals surface area (Å²) in [6, 6.07) is 0. The average molecular weight is 439 g/mol. The Kier molecular flexibility index (Phi) is 6.87. The van der Waals surface area contributed by atoms with Crippen LogP contribution in [0.4, 0.5) is 0 Å². The van der Waals surface area contributed by atoms with Crippen molar-refractivity contribution in [3.63, 3.8) is 0 Å². The molecule has 4 aliphatic carbocycles. The maximum atomic E-state index is 11.6. The van der Waals surface area contributed by atoms with Crippen LogP contribution >= 0.6 is 0 Å². The third-order valence-electron chi connectivity index (χ3n) is 10.7. The number of allylic oxidation sites excluding steroid dienone is 1. The largest absolute Gasteiger partial charge is 0.452 e. The molecule has 4 rings (SSSR count). The van der Waals surface area contributed by atoms with E-state index in [1.165, 1.54) is 51.4 Å². The first-order valence-electron chi connectivity index (χ1n) is 13.6. The Morgan fingerprint density at radius 3 is 2.62 bits per heavy atom. The zero-order valence-electron chi connectivity index (χ0n) is 21.3. The van der Waals surface area contributed by atoms with Gasteiger partial charge in [-0.2, -0.15) is 0 Å². The van der Waals surface area contributed by atoms with Crippen LogP contribution in [-0.4, -0.2) is 12.1 Å². The Hall–Kier alpha value is -1.23. The van der Waals surface area contributed by atoms with Crippen LogP contribution in [0.2, 0.25) is 0 Å². The molecule has 0 amide bonds. The molecular formula is C30H46O2. The molecule has 0 heterocycles. The average Bonchev–Trinajstić information content (AvgIpc) is 3.11. The first kappa shape index (κ1) is 23.9. The number of esters is 1. The van der Waals surface area contributed by atoms with Crippen molar-refractivity contribution in [1.82, 2.24) is 0 Å². The molecule has 0 spiro atoms. The molecule has 32 heavy (non-hydrogen) atoms. The van der Waals surface area contributed by atoms with Crippen LogP contribution in [0.5, 0.6) is 0 Å². The molecule has 0 radical (unpaired) electrons. The molecule has 0 saturated heterocycles. The Morgan fingerprint density at radius 2 is 1.91 bits per heavy atom. The van der Waals surface area contributed by atoms with Crippen LogP contribution in [-0.2, 0) is 9.53 Å². The number of ether oxygens (including phenoxy) is 1. The van der Waals surface area contributed by atoms with E-state index in [4.69, 9.17) is 11.2 Å². The van der Waals surface area contributed by atoms with E-state index in [1.54, 1.807) is 5.57 Å². The summed E-state index contributed by atoms with van der Waals surface area (Å²) >= 11 is 0. The SMILES string of the molecule is C#CC(=O)OC1CCC2(C)C(=CCC3C2CCC2(C)C3CCC2[C@H](C)CCCC(C)C)C1. The van der Waals surface area contributed by atoms with E-state index in [0.29, 0.717) is 10.8 Å². The van der Waals surface area contributed by atoms with Crippen molar-refractivity contribution in [2.24, 2.45) is 46.3 Å². The van der Waals surface area contributed by atoms with Gasteiger partial charge in [-0.3, -0.25) is 0 Å². The number of hydrogen-bond donors (Lipinski definition) is 0. The molecule has 3 saturated carbocycles. The van der Waals surface area contributed by atoms with Gasteiger partial charge in [-0.1, -0.05) is 65.5 Å². The Bertz CT molecular complexity index is 772. The number of carbonyl (C=O) groups is 1. The standard InChI is InChI=1S/C30H46O2/c1-7-28(31)32-23-15-17-29(5)22(19-23)11-12-24-26-14-13-25(21(4)10-8-9-20(2)3)30(26,6)18-16-27(24)29/h1,11,20-21,23-27H,8-10,12-19H2,2-6H3/t21-,23?,24?,25?,26?,27?,29?,30?/m1/s1. The van der Waals surface area contributed by atoms with Gasteiger partial charge in [0, 0.05) is 12.3 Å². The van der Waals surface area contributed by atoms with Crippen LogP contribution in [0.1, 0.15) is 105 Å². The van der Waals surface area contributed by atoms with E-state index in [1.807, 2.05) is 0 Å². The fourth-order valence-corrected chi connectivity index (χ4v) is 8.94. The second-order valence-corrected chi connectivity index (χ2v) is 12.7. The summed E-state index contributed by atoms with van der Waals surface area (Å²) in [5.74, 6) is 6.78. The van der Waals surface area contributed by atoms with Gasteiger partial charge in [-0.25, -0.2) is 4.79 Å². The van der Waals surface area contributed by atoms with Crippen molar-refractivity contribution in [1.29, 1.82) is 0 Å². The van der Waals surface area contributed by atoms with Gasteiger partial charge in [-0.05, 0) is 91.3 Å². The summed E-state index contributed by atoms with van der Waals surface area (Å²) in [6.45, 7) is 12.5. The zero-order chi connectivity index (χ0) is 23.1. The van der Waals surface area contributed by atoms with E-state index in [0.717, 1.165) is 54.8 Å². The van der Waals surface area contributed by atoms with Gasteiger partial charge >= 0.3 is 5.97 Å². The molecular weight excluding hydrogens is 392 g/mol. The molecule has 3 fully saturated rings. The molecule has 7 unspecified atom stereocenters. The summed E-state index contributed by atoms with van der Waals surface area (Å²) < 4.78 is 5.53. The molecule has 4 aliphatic rings. The molecule has 0 aromatic rings. The highest BCUT2D eigenvalue weighted by atomic mass is 16.5. The van der Waals surface area contributed by atoms with Crippen LogP contribution in [0.3, 0.4) is 0 Å². The molecule has 0 aromatic heterocycles. The number of hydrogen-bond acceptors (Lipinski definition) is 2. The number of rotatable bonds is 6. The summed E-state index contributed by atoms with van der Waals surface area (Å²) in [7, 11) is 0. The first-order valence-corrected chi connectivity index (χ1v) is 13.6. The Balaban J connectivity index is 1.46. The van der Waals surface area contributed by atoms with Crippen LogP contribution in [0.15, 0.2) is 11.6 Å². The van der Waals surface area contributed by atoms with Gasteiger partial charge in [0.15, 0.2) is 0 Å². The van der Waals surface area contributed by atoms with Crippen LogP contribution in [0.25, 0.3) is 0 Å². The fraction of sp³-hybridized carbons (Fsp3) is 0.833. The van der Waals surface area contributed by atoms with E-state index in [-0.39, 0.29) is 6.10 Å². The topological polar surface area (TPSA) is 26.3 Å². The van der Waals surface area contributed by atoms with Crippen LogP contribution in [0, 0.1) is 58.7 Å². The lowest BCUT2D eigenvalue weighted by Gasteiger charge is -2.58. The lowest BCUT2D eigenvalue weighted by Crippen LogP contribution is -2.51. The number of terminal acetylenes is 1. The van der Waals surface area contributed by atoms with Gasteiger partial charge in [0.05, 0.1) is 0 Å². The minimum atomic E-state index is -0.499. The second-order valence-electron chi connectivity index (χ2n) is 12.7. The zero-order valence-corrected chi connectivity index (χ0v) is 21.3. The lowest BCUT2D eigenvalue weighted by atomic mass is 9.47. The summed E-state index contributed by atoms with van der Waals surface area (Å²) in [5.41, 5.74) is 2.39. The van der Waals surface area contributed by atoms with Crippen molar-refractivity contribution in [3.05, 3.63) is 11.6 Å². The molecule has 0 aromatic carbocycles. The fourth-order valence-electron chi connectivity index (χ4n) is 8.94. The van der Waals surface area contributed by atoms with Crippen molar-refractivity contribution < 1.29 is 9.53 Å². The summed E-state index contributed by atoms with van der Waals surface area (Å²) in [4.78, 5) is 11.6. The molecule has 8 atom stereocenters. The summed E-state index contributed by atoms with van der Waals surface area (Å²) in [5, 5.41) is 0. The minimum absolute atomic E-state index is 0.0224. The van der Waals surface area contributed by atoms with E-state index >= 15 is 0 Å². The maximum Gasteiger partial charge on any atom is 0.384 e. The van der Waals surface area contributed by atoms with Gasteiger partial charge < -0.3 is 4.74 Å². The van der Waals surface area contributed by atoms with E-state index in [2.05, 4.69) is 46.6 Å². The van der Waals surface area contributed by atoms with Gasteiger partial charge in [0.25, 0.3) is 0 Å². The third kappa shape index (κ3) is 4.19. The smallest absolute Gasteiger partial charge is 0.384 e. The quantitative estimate of drug-likeness (QED) is 0.185. The van der Waals surface area contributed by atoms with E-state index in [9.17, 15) is 4.79 Å². The highest BCUT2D eigenvalue weighted by molar-refractivity contribution is 5.87. The Morgan fingerprint density at radius 1 is 1.12 bits per heavy atom. The second kappa shape index (κ2) is 9.19. The monoisotopic (exact) mass is 438 g/mol. The third-order valence-corrected chi connectivity index (χ3v) is 10.7. The lowest BCUT2D eigenvalue weighted by molar-refractivity contribution is -0.144. The predicted octanol–water partition coefficient (Wildman–Crippen LogP) is 7.57. The van der Waals surface area contributed by atoms with Gasteiger partial charge in [0.2, 0.25) is 0 Å². The van der Waals surface area contributed by atoms with Gasteiger partial charge in [-0.15, -0.1) is 6.42 Å². The highest BCUT2D eigenvalue weighted by Gasteiger charge is 2.59. The van der Waals surface area contributed by atoms with Crippen molar-refractivity contribution >= 4 is 5.97 Å².